The molecule has 6 nitrogen and oxygen atoms in total. The second-order valence-corrected chi connectivity index (χ2v) is 10.5. The van der Waals surface area contributed by atoms with Gasteiger partial charge < -0.3 is 9.80 Å². The average molecular weight is 457 g/mol. The number of nitriles is 1. The largest absolute Gasteiger partial charge is 0.338 e. The zero-order valence-electron chi connectivity index (χ0n) is 20.5. The van der Waals surface area contributed by atoms with Crippen LogP contribution in [0.3, 0.4) is 0 Å². The number of para-hydroxylation sites is 1. The molecule has 1 aromatic carbocycles. The van der Waals surface area contributed by atoms with Gasteiger partial charge in [-0.2, -0.15) is 5.26 Å². The van der Waals surface area contributed by atoms with Gasteiger partial charge in [-0.15, -0.1) is 11.3 Å². The predicted octanol–water partition coefficient (Wildman–Crippen LogP) is 5.13. The van der Waals surface area contributed by atoms with Gasteiger partial charge in [0.2, 0.25) is 11.8 Å². The van der Waals surface area contributed by atoms with Crippen molar-refractivity contribution in [1.29, 1.82) is 5.26 Å². The Morgan fingerprint density at radius 1 is 0.906 bits per heavy atom. The summed E-state index contributed by atoms with van der Waals surface area (Å²) in [5.74, 6) is -0.270. The van der Waals surface area contributed by atoms with Crippen molar-refractivity contribution in [2.45, 2.75) is 97.8 Å². The maximum atomic E-state index is 13.4. The molecule has 2 amide bonds. The number of benzene rings is 1. The molecule has 0 aliphatic rings. The van der Waals surface area contributed by atoms with Crippen LogP contribution in [0, 0.1) is 11.3 Å². The zero-order valence-corrected chi connectivity index (χ0v) is 21.4. The van der Waals surface area contributed by atoms with E-state index >= 15 is 0 Å². The molecule has 0 fully saturated rings. The molecular formula is C25H36N4O2S. The van der Waals surface area contributed by atoms with E-state index in [4.69, 9.17) is 4.98 Å². The molecule has 0 radical (unpaired) electrons. The summed E-state index contributed by atoms with van der Waals surface area (Å²) in [7, 11) is 0. The van der Waals surface area contributed by atoms with E-state index in [0.29, 0.717) is 5.01 Å². The van der Waals surface area contributed by atoms with Crippen LogP contribution < -0.4 is 0 Å². The van der Waals surface area contributed by atoms with Crippen LogP contribution in [0.2, 0.25) is 0 Å². The van der Waals surface area contributed by atoms with Crippen molar-refractivity contribution in [3.8, 4) is 6.07 Å². The summed E-state index contributed by atoms with van der Waals surface area (Å²) < 4.78 is 0.941. The molecule has 2 aromatic rings. The minimum Gasteiger partial charge on any atom is -0.338 e. The van der Waals surface area contributed by atoms with Gasteiger partial charge in [0.05, 0.1) is 29.1 Å². The quantitative estimate of drug-likeness (QED) is 0.524. The van der Waals surface area contributed by atoms with Gasteiger partial charge in [0.25, 0.3) is 0 Å². The summed E-state index contributed by atoms with van der Waals surface area (Å²) >= 11 is 1.39. The maximum Gasteiger partial charge on any atom is 0.225 e. The van der Waals surface area contributed by atoms with Crippen molar-refractivity contribution < 1.29 is 9.59 Å². The van der Waals surface area contributed by atoms with Crippen molar-refractivity contribution in [3.05, 3.63) is 29.3 Å². The number of fused-ring (bicyclic) bond motifs is 1. The molecule has 0 spiro atoms. The molecule has 0 N–H and O–H groups in total. The third kappa shape index (κ3) is 5.47. The highest BCUT2D eigenvalue weighted by atomic mass is 32.1. The van der Waals surface area contributed by atoms with E-state index in [1.165, 1.54) is 11.3 Å². The van der Waals surface area contributed by atoms with Crippen molar-refractivity contribution in [3.63, 3.8) is 0 Å². The Labute approximate surface area is 196 Å². The highest BCUT2D eigenvalue weighted by molar-refractivity contribution is 7.18. The zero-order chi connectivity index (χ0) is 24.2. The molecule has 0 bridgehead atoms. The second kappa shape index (κ2) is 10.4. The molecule has 0 unspecified atom stereocenters. The average Bonchev–Trinajstić information content (AvgIpc) is 3.10. The fraction of sp³-hybridized carbons (Fsp3) is 0.600. The smallest absolute Gasteiger partial charge is 0.225 e. The van der Waals surface area contributed by atoms with Crippen LogP contribution in [-0.4, -0.2) is 50.8 Å². The number of hydrogen-bond donors (Lipinski definition) is 0. The number of amides is 2. The van der Waals surface area contributed by atoms with E-state index in [2.05, 4.69) is 6.07 Å². The first-order valence-corrected chi connectivity index (χ1v) is 12.1. The number of carbonyl (C=O) groups excluding carboxylic acids is 2. The molecule has 0 saturated carbocycles. The van der Waals surface area contributed by atoms with Gasteiger partial charge in [-0.05, 0) is 67.5 Å². The standard InChI is InChI=1S/C25H36N4O2S/c1-16(2)28(17(3)4)22(30)13-25(15-26,14-23(31)29(18(5)6)19(7)8)24-27-20-11-9-10-12-21(20)32-24/h9-12,16-19H,13-14H2,1-8H3. The van der Waals surface area contributed by atoms with Gasteiger partial charge >= 0.3 is 0 Å². The van der Waals surface area contributed by atoms with Crippen LogP contribution in [0.15, 0.2) is 24.3 Å². The molecule has 0 atom stereocenters. The Morgan fingerprint density at radius 2 is 1.34 bits per heavy atom. The number of rotatable bonds is 9. The summed E-state index contributed by atoms with van der Waals surface area (Å²) in [6, 6.07) is 10.0. The molecule has 2 rings (SSSR count). The number of thiazole rings is 1. The first kappa shape index (κ1) is 25.8. The summed E-state index contributed by atoms with van der Waals surface area (Å²) in [6.45, 7) is 15.7. The molecule has 174 valence electrons. The van der Waals surface area contributed by atoms with Crippen molar-refractivity contribution in [2.75, 3.05) is 0 Å². The Balaban J connectivity index is 2.57. The van der Waals surface area contributed by atoms with Crippen LogP contribution in [0.5, 0.6) is 0 Å². The number of aromatic nitrogens is 1. The van der Waals surface area contributed by atoms with E-state index in [9.17, 15) is 14.9 Å². The molecule has 0 saturated heterocycles. The van der Waals surface area contributed by atoms with Gasteiger partial charge in [-0.3, -0.25) is 9.59 Å². The normalized spacial score (nSPS) is 12.1. The monoisotopic (exact) mass is 456 g/mol. The summed E-state index contributed by atoms with van der Waals surface area (Å²) in [5, 5.41) is 11.0. The Bertz CT molecular complexity index is 904. The number of hydrogen-bond acceptors (Lipinski definition) is 5. The molecule has 1 aromatic heterocycles. The first-order valence-electron chi connectivity index (χ1n) is 11.3. The Kier molecular flexibility index (Phi) is 8.41. The lowest BCUT2D eigenvalue weighted by Crippen LogP contribution is -2.48. The SMILES string of the molecule is CC(C)N(C(=O)CC(C#N)(CC(=O)N(C(C)C)C(C)C)c1nc2ccccc2s1)C(C)C. The summed E-state index contributed by atoms with van der Waals surface area (Å²) in [5.41, 5.74) is -0.539. The Morgan fingerprint density at radius 3 is 1.72 bits per heavy atom. The number of nitrogens with zero attached hydrogens (tertiary/aromatic N) is 4. The first-order chi connectivity index (χ1) is 14.9. The molecule has 1 heterocycles. The van der Waals surface area contributed by atoms with Gasteiger partial charge in [0.1, 0.15) is 10.4 Å². The highest BCUT2D eigenvalue weighted by Crippen LogP contribution is 2.38. The Hall–Kier alpha value is -2.46. The van der Waals surface area contributed by atoms with E-state index in [1.807, 2.05) is 79.7 Å². The molecule has 32 heavy (non-hydrogen) atoms. The highest BCUT2D eigenvalue weighted by Gasteiger charge is 2.43. The van der Waals surface area contributed by atoms with Crippen LogP contribution in [0.1, 0.15) is 73.2 Å². The second-order valence-electron chi connectivity index (χ2n) is 9.51. The minimum atomic E-state index is -1.32. The van der Waals surface area contributed by atoms with E-state index in [-0.39, 0.29) is 48.8 Å². The third-order valence-corrected chi connectivity index (χ3v) is 6.87. The van der Waals surface area contributed by atoms with Crippen molar-refractivity contribution in [2.24, 2.45) is 0 Å². The van der Waals surface area contributed by atoms with Gasteiger partial charge in [-0.25, -0.2) is 4.98 Å². The molecule has 7 heteroatoms. The number of carbonyl (C=O) groups is 2. The lowest BCUT2D eigenvalue weighted by atomic mass is 9.81. The van der Waals surface area contributed by atoms with E-state index in [0.717, 1.165) is 10.2 Å². The molecule has 0 aliphatic carbocycles. The fourth-order valence-corrected chi connectivity index (χ4v) is 5.56. The van der Waals surface area contributed by atoms with Gasteiger partial charge in [-0.1, -0.05) is 12.1 Å². The van der Waals surface area contributed by atoms with E-state index < -0.39 is 5.41 Å². The minimum absolute atomic E-state index is 0.00668. The van der Waals surface area contributed by atoms with Crippen LogP contribution >= 0.6 is 11.3 Å². The molecular weight excluding hydrogens is 420 g/mol. The van der Waals surface area contributed by atoms with E-state index in [1.54, 1.807) is 9.80 Å². The summed E-state index contributed by atoms with van der Waals surface area (Å²) in [4.78, 5) is 35.2. The predicted molar refractivity (Wildman–Crippen MR) is 130 cm³/mol. The van der Waals surface area contributed by atoms with Crippen molar-refractivity contribution in [1.82, 2.24) is 14.8 Å². The van der Waals surface area contributed by atoms with Crippen LogP contribution in [-0.2, 0) is 15.0 Å². The van der Waals surface area contributed by atoms with Gasteiger partial charge in [0, 0.05) is 24.2 Å². The lowest BCUT2D eigenvalue weighted by Gasteiger charge is -2.36. The fourth-order valence-electron chi connectivity index (χ4n) is 4.46. The maximum absolute atomic E-state index is 13.4. The van der Waals surface area contributed by atoms with Crippen LogP contribution in [0.4, 0.5) is 0 Å². The van der Waals surface area contributed by atoms with Gasteiger partial charge in [0.15, 0.2) is 0 Å². The third-order valence-electron chi connectivity index (χ3n) is 5.62. The van der Waals surface area contributed by atoms with Crippen LogP contribution in [0.25, 0.3) is 10.2 Å². The summed E-state index contributed by atoms with van der Waals surface area (Å²) in [6.07, 6.45) is -0.148. The molecule has 0 aliphatic heterocycles. The lowest BCUT2D eigenvalue weighted by molar-refractivity contribution is -0.138. The van der Waals surface area contributed by atoms with Crippen molar-refractivity contribution >= 4 is 33.4 Å². The topological polar surface area (TPSA) is 77.3 Å².